The van der Waals surface area contributed by atoms with Crippen molar-refractivity contribution in [3.05, 3.63) is 35.9 Å². The molecule has 21 heavy (non-hydrogen) atoms. The lowest BCUT2D eigenvalue weighted by molar-refractivity contribution is -0.119. The number of carbonyl (C=O) groups is 2. The average Bonchev–Trinajstić information content (AvgIpc) is 2.76. The van der Waals surface area contributed by atoms with Crippen molar-refractivity contribution in [2.75, 3.05) is 0 Å². The van der Waals surface area contributed by atoms with Gasteiger partial charge in [0.2, 0.25) is 0 Å². The van der Waals surface area contributed by atoms with Crippen LogP contribution in [-0.2, 0) is 16.0 Å². The summed E-state index contributed by atoms with van der Waals surface area (Å²) >= 11 is 0. The lowest BCUT2D eigenvalue weighted by Gasteiger charge is -2.28. The monoisotopic (exact) mass is 289 g/mol. The average molecular weight is 289 g/mol. The largest absolute Gasteiger partial charge is 0.447 e. The molecule has 0 aliphatic carbocycles. The molecule has 0 spiro atoms. The van der Waals surface area contributed by atoms with Crippen molar-refractivity contribution >= 4 is 11.9 Å². The summed E-state index contributed by atoms with van der Waals surface area (Å²) < 4.78 is 5.32. The zero-order valence-corrected chi connectivity index (χ0v) is 12.9. The molecule has 1 saturated heterocycles. The Kier molecular flexibility index (Phi) is 4.99. The molecule has 0 N–H and O–H groups in total. The third-order valence-corrected chi connectivity index (χ3v) is 3.83. The van der Waals surface area contributed by atoms with Crippen molar-refractivity contribution in [2.45, 2.75) is 58.2 Å². The van der Waals surface area contributed by atoms with Gasteiger partial charge in [0.25, 0.3) is 0 Å². The molecule has 114 valence electrons. The van der Waals surface area contributed by atoms with Crippen LogP contribution >= 0.6 is 0 Å². The molecule has 1 amide bonds. The third kappa shape index (κ3) is 3.63. The van der Waals surface area contributed by atoms with Crippen LogP contribution in [0.4, 0.5) is 4.79 Å². The molecular formula is C17H23NO3. The van der Waals surface area contributed by atoms with E-state index in [2.05, 4.69) is 0 Å². The Morgan fingerprint density at radius 2 is 2.00 bits per heavy atom. The van der Waals surface area contributed by atoms with Gasteiger partial charge in [-0.15, -0.1) is 0 Å². The Bertz CT molecular complexity index is 498. The van der Waals surface area contributed by atoms with Gasteiger partial charge in [0.05, 0.1) is 12.1 Å². The van der Waals surface area contributed by atoms with E-state index in [0.29, 0.717) is 12.8 Å². The van der Waals surface area contributed by atoms with Crippen LogP contribution in [0.25, 0.3) is 0 Å². The topological polar surface area (TPSA) is 46.6 Å². The molecule has 2 atom stereocenters. The number of hydrogen-bond acceptors (Lipinski definition) is 3. The van der Waals surface area contributed by atoms with Crippen LogP contribution in [0.2, 0.25) is 0 Å². The maximum Gasteiger partial charge on any atom is 0.410 e. The minimum absolute atomic E-state index is 0.0440. The summed E-state index contributed by atoms with van der Waals surface area (Å²) in [6.07, 6.45) is 1.21. The number of benzene rings is 1. The molecule has 1 aromatic carbocycles. The minimum atomic E-state index is -0.399. The van der Waals surface area contributed by atoms with E-state index in [9.17, 15) is 9.59 Å². The second-order valence-corrected chi connectivity index (χ2v) is 5.78. The SMILES string of the molecule is CCC1CC(=O)C(Cc2ccccc2)N1C(=O)OC(C)C. The van der Waals surface area contributed by atoms with Crippen molar-refractivity contribution in [1.29, 1.82) is 0 Å². The summed E-state index contributed by atoms with van der Waals surface area (Å²) in [6, 6.07) is 9.36. The van der Waals surface area contributed by atoms with Crippen LogP contribution in [0, 0.1) is 0 Å². The fourth-order valence-electron chi connectivity index (χ4n) is 2.81. The molecule has 0 saturated carbocycles. The second-order valence-electron chi connectivity index (χ2n) is 5.78. The van der Waals surface area contributed by atoms with Gasteiger partial charge in [-0.25, -0.2) is 4.79 Å². The van der Waals surface area contributed by atoms with E-state index in [1.165, 1.54) is 0 Å². The summed E-state index contributed by atoms with van der Waals surface area (Å²) in [4.78, 5) is 26.3. The van der Waals surface area contributed by atoms with Crippen molar-refractivity contribution in [1.82, 2.24) is 4.90 Å². The first kappa shape index (κ1) is 15.5. The van der Waals surface area contributed by atoms with Crippen LogP contribution in [0.1, 0.15) is 39.2 Å². The second kappa shape index (κ2) is 6.74. The molecular weight excluding hydrogens is 266 g/mol. The highest BCUT2D eigenvalue weighted by Crippen LogP contribution is 2.27. The molecule has 0 aromatic heterocycles. The number of ketones is 1. The molecule has 4 nitrogen and oxygen atoms in total. The van der Waals surface area contributed by atoms with Gasteiger partial charge in [0, 0.05) is 18.9 Å². The smallest absolute Gasteiger partial charge is 0.410 e. The summed E-state index contributed by atoms with van der Waals surface area (Å²) in [7, 11) is 0. The number of nitrogens with zero attached hydrogens (tertiary/aromatic N) is 1. The molecule has 2 rings (SSSR count). The van der Waals surface area contributed by atoms with E-state index in [0.717, 1.165) is 12.0 Å². The quantitative estimate of drug-likeness (QED) is 0.855. The number of rotatable bonds is 4. The first-order chi connectivity index (χ1) is 10.0. The van der Waals surface area contributed by atoms with Gasteiger partial charge in [-0.05, 0) is 25.8 Å². The van der Waals surface area contributed by atoms with Gasteiger partial charge >= 0.3 is 6.09 Å². The fourth-order valence-corrected chi connectivity index (χ4v) is 2.81. The lowest BCUT2D eigenvalue weighted by atomic mass is 10.0. The van der Waals surface area contributed by atoms with Gasteiger partial charge in [0.1, 0.15) is 0 Å². The van der Waals surface area contributed by atoms with E-state index in [1.54, 1.807) is 4.90 Å². The summed E-state index contributed by atoms with van der Waals surface area (Å²) in [6.45, 7) is 5.64. The number of ether oxygens (including phenoxy) is 1. The molecule has 1 aliphatic heterocycles. The highest BCUT2D eigenvalue weighted by molar-refractivity contribution is 5.91. The zero-order valence-electron chi connectivity index (χ0n) is 12.9. The van der Waals surface area contributed by atoms with Crippen LogP contribution in [0.15, 0.2) is 30.3 Å². The Labute approximate surface area is 126 Å². The van der Waals surface area contributed by atoms with Gasteiger partial charge in [-0.2, -0.15) is 0 Å². The number of hydrogen-bond donors (Lipinski definition) is 0. The maximum absolute atomic E-state index is 12.3. The first-order valence-electron chi connectivity index (χ1n) is 7.58. The van der Waals surface area contributed by atoms with Gasteiger partial charge in [0.15, 0.2) is 5.78 Å². The van der Waals surface area contributed by atoms with Crippen LogP contribution in [0.5, 0.6) is 0 Å². The number of Topliss-reactive ketones (excluding diaryl/α,β-unsaturated/α-hetero) is 1. The van der Waals surface area contributed by atoms with Crippen molar-refractivity contribution in [3.8, 4) is 0 Å². The van der Waals surface area contributed by atoms with E-state index >= 15 is 0 Å². The predicted octanol–water partition coefficient (Wildman–Crippen LogP) is 3.20. The Morgan fingerprint density at radius 1 is 1.33 bits per heavy atom. The lowest BCUT2D eigenvalue weighted by Crippen LogP contribution is -2.44. The number of likely N-dealkylation sites (tertiary alicyclic amines) is 1. The molecule has 1 fully saturated rings. The molecule has 0 bridgehead atoms. The van der Waals surface area contributed by atoms with E-state index < -0.39 is 6.04 Å². The molecule has 2 unspecified atom stereocenters. The summed E-state index contributed by atoms with van der Waals surface area (Å²) in [5, 5.41) is 0. The minimum Gasteiger partial charge on any atom is -0.447 e. The van der Waals surface area contributed by atoms with E-state index in [1.807, 2.05) is 51.1 Å². The van der Waals surface area contributed by atoms with Gasteiger partial charge in [-0.3, -0.25) is 9.69 Å². The van der Waals surface area contributed by atoms with Crippen LogP contribution < -0.4 is 0 Å². The molecule has 4 heteroatoms. The maximum atomic E-state index is 12.3. The summed E-state index contributed by atoms with van der Waals surface area (Å²) in [5.74, 6) is 0.131. The van der Waals surface area contributed by atoms with Crippen molar-refractivity contribution < 1.29 is 14.3 Å². The third-order valence-electron chi connectivity index (χ3n) is 3.83. The highest BCUT2D eigenvalue weighted by atomic mass is 16.6. The Hall–Kier alpha value is -1.84. The fraction of sp³-hybridized carbons (Fsp3) is 0.529. The Balaban J connectivity index is 2.19. The molecule has 0 radical (unpaired) electrons. The van der Waals surface area contributed by atoms with E-state index in [4.69, 9.17) is 4.74 Å². The Morgan fingerprint density at radius 3 is 2.57 bits per heavy atom. The number of carbonyl (C=O) groups excluding carboxylic acids is 2. The van der Waals surface area contributed by atoms with Crippen molar-refractivity contribution in [3.63, 3.8) is 0 Å². The summed E-state index contributed by atoms with van der Waals surface area (Å²) in [5.41, 5.74) is 1.06. The zero-order chi connectivity index (χ0) is 15.4. The van der Waals surface area contributed by atoms with Crippen molar-refractivity contribution in [2.24, 2.45) is 0 Å². The van der Waals surface area contributed by atoms with Gasteiger partial charge < -0.3 is 4.74 Å². The first-order valence-corrected chi connectivity index (χ1v) is 7.58. The van der Waals surface area contributed by atoms with E-state index in [-0.39, 0.29) is 24.0 Å². The molecule has 1 aliphatic rings. The highest BCUT2D eigenvalue weighted by Gasteiger charge is 2.43. The number of amides is 1. The van der Waals surface area contributed by atoms with Crippen LogP contribution in [-0.4, -0.2) is 35.0 Å². The van der Waals surface area contributed by atoms with Crippen LogP contribution in [0.3, 0.4) is 0 Å². The molecule has 1 heterocycles. The molecule has 1 aromatic rings. The predicted molar refractivity (Wildman–Crippen MR) is 81.1 cm³/mol. The van der Waals surface area contributed by atoms with Gasteiger partial charge in [-0.1, -0.05) is 37.3 Å². The standard InChI is InChI=1S/C17H23NO3/c1-4-14-11-16(19)15(10-13-8-6-5-7-9-13)18(14)17(20)21-12(2)3/h5-9,12,14-15H,4,10-11H2,1-3H3. The normalized spacial score (nSPS) is 21.9.